The highest BCUT2D eigenvalue weighted by atomic mass is 15.3. The summed E-state index contributed by atoms with van der Waals surface area (Å²) >= 11 is 0. The van der Waals surface area contributed by atoms with Gasteiger partial charge in [0.15, 0.2) is 0 Å². The van der Waals surface area contributed by atoms with Crippen LogP contribution in [0.2, 0.25) is 0 Å². The van der Waals surface area contributed by atoms with Crippen LogP contribution >= 0.6 is 0 Å². The lowest BCUT2D eigenvalue weighted by Crippen LogP contribution is -2.58. The van der Waals surface area contributed by atoms with Crippen LogP contribution in [0.15, 0.2) is 6.07 Å². The Bertz CT molecular complexity index is 489. The van der Waals surface area contributed by atoms with Crippen molar-refractivity contribution in [1.29, 1.82) is 5.26 Å². The number of rotatable bonds is 1. The maximum absolute atomic E-state index is 8.96. The van der Waals surface area contributed by atoms with Crippen molar-refractivity contribution in [3.8, 4) is 6.07 Å². The number of aromatic nitrogens is 2. The number of nitriles is 1. The summed E-state index contributed by atoms with van der Waals surface area (Å²) in [6, 6.07) is 3.80. The standard InChI is InChI=1S/C13H19N5/c1-10-7-11(8-14)16-12(15-10)18-6-5-17(4)13(2,3)9-18/h7H,5-6,9H2,1-4H3. The highest BCUT2D eigenvalue weighted by Crippen LogP contribution is 2.22. The first-order valence-corrected chi connectivity index (χ1v) is 6.14. The van der Waals surface area contributed by atoms with Crippen molar-refractivity contribution in [1.82, 2.24) is 14.9 Å². The van der Waals surface area contributed by atoms with E-state index in [4.69, 9.17) is 5.26 Å². The van der Waals surface area contributed by atoms with Crippen LogP contribution in [0.25, 0.3) is 0 Å². The van der Waals surface area contributed by atoms with Gasteiger partial charge in [0.05, 0.1) is 0 Å². The molecule has 1 aromatic heterocycles. The number of likely N-dealkylation sites (N-methyl/N-ethyl adjacent to an activating group) is 1. The molecule has 0 radical (unpaired) electrons. The largest absolute Gasteiger partial charge is 0.338 e. The van der Waals surface area contributed by atoms with Gasteiger partial charge >= 0.3 is 0 Å². The van der Waals surface area contributed by atoms with Gasteiger partial charge in [0.25, 0.3) is 0 Å². The van der Waals surface area contributed by atoms with E-state index in [2.05, 4.69) is 46.7 Å². The van der Waals surface area contributed by atoms with E-state index >= 15 is 0 Å². The molecule has 1 saturated heterocycles. The van der Waals surface area contributed by atoms with Gasteiger partial charge in [0.2, 0.25) is 5.95 Å². The molecule has 1 fully saturated rings. The van der Waals surface area contributed by atoms with Crippen molar-refractivity contribution in [2.24, 2.45) is 0 Å². The maximum atomic E-state index is 8.96. The van der Waals surface area contributed by atoms with E-state index in [-0.39, 0.29) is 5.54 Å². The number of hydrogen-bond donors (Lipinski definition) is 0. The summed E-state index contributed by atoms with van der Waals surface area (Å²) in [6.07, 6.45) is 0. The number of piperazine rings is 1. The van der Waals surface area contributed by atoms with Crippen molar-refractivity contribution in [3.63, 3.8) is 0 Å². The Kier molecular flexibility index (Phi) is 3.22. The van der Waals surface area contributed by atoms with Gasteiger partial charge < -0.3 is 4.90 Å². The van der Waals surface area contributed by atoms with Gasteiger partial charge in [-0.1, -0.05) is 0 Å². The minimum absolute atomic E-state index is 0.0954. The summed E-state index contributed by atoms with van der Waals surface area (Å²) in [7, 11) is 2.13. The SMILES string of the molecule is Cc1cc(C#N)nc(N2CCN(C)C(C)(C)C2)n1. The minimum Gasteiger partial charge on any atom is -0.338 e. The lowest BCUT2D eigenvalue weighted by Gasteiger charge is -2.45. The average Bonchev–Trinajstić information content (AvgIpc) is 2.31. The van der Waals surface area contributed by atoms with Gasteiger partial charge in [0, 0.05) is 30.9 Å². The number of anilines is 1. The minimum atomic E-state index is 0.0954. The third kappa shape index (κ3) is 2.44. The van der Waals surface area contributed by atoms with Crippen LogP contribution in [0.3, 0.4) is 0 Å². The molecule has 0 amide bonds. The summed E-state index contributed by atoms with van der Waals surface area (Å²) in [5.74, 6) is 0.674. The zero-order valence-corrected chi connectivity index (χ0v) is 11.4. The Labute approximate surface area is 108 Å². The first-order valence-electron chi connectivity index (χ1n) is 6.14. The van der Waals surface area contributed by atoms with Crippen LogP contribution < -0.4 is 4.90 Å². The summed E-state index contributed by atoms with van der Waals surface area (Å²) in [5.41, 5.74) is 1.38. The molecule has 0 unspecified atom stereocenters. The van der Waals surface area contributed by atoms with E-state index in [9.17, 15) is 0 Å². The van der Waals surface area contributed by atoms with Crippen molar-refractivity contribution in [2.75, 3.05) is 31.6 Å². The number of hydrogen-bond acceptors (Lipinski definition) is 5. The molecule has 2 heterocycles. The van der Waals surface area contributed by atoms with Gasteiger partial charge in [-0.05, 0) is 33.9 Å². The Hall–Kier alpha value is -1.67. The molecule has 0 aromatic carbocycles. The molecule has 5 nitrogen and oxygen atoms in total. The number of aryl methyl sites for hydroxylation is 1. The van der Waals surface area contributed by atoms with E-state index in [1.54, 1.807) is 6.07 Å². The summed E-state index contributed by atoms with van der Waals surface area (Å²) in [5, 5.41) is 8.96. The monoisotopic (exact) mass is 245 g/mol. The topological polar surface area (TPSA) is 56.1 Å². The van der Waals surface area contributed by atoms with Gasteiger partial charge in [0.1, 0.15) is 11.8 Å². The Morgan fingerprint density at radius 1 is 1.33 bits per heavy atom. The third-order valence-electron chi connectivity index (χ3n) is 3.56. The summed E-state index contributed by atoms with van der Waals surface area (Å²) in [6.45, 7) is 9.06. The van der Waals surface area contributed by atoms with Crippen LogP contribution in [0.4, 0.5) is 5.95 Å². The van der Waals surface area contributed by atoms with Crippen LogP contribution in [0.1, 0.15) is 25.2 Å². The normalized spacial score (nSPS) is 19.6. The highest BCUT2D eigenvalue weighted by Gasteiger charge is 2.32. The van der Waals surface area contributed by atoms with Gasteiger partial charge in [-0.2, -0.15) is 5.26 Å². The second kappa shape index (κ2) is 4.54. The van der Waals surface area contributed by atoms with E-state index in [0.717, 1.165) is 25.3 Å². The smallest absolute Gasteiger partial charge is 0.226 e. The zero-order valence-electron chi connectivity index (χ0n) is 11.4. The molecule has 0 bridgehead atoms. The van der Waals surface area contributed by atoms with Crippen molar-refractivity contribution < 1.29 is 0 Å². The molecule has 0 aliphatic carbocycles. The van der Waals surface area contributed by atoms with Crippen molar-refractivity contribution in [3.05, 3.63) is 17.5 Å². The van der Waals surface area contributed by atoms with Crippen LogP contribution in [-0.2, 0) is 0 Å². The molecular weight excluding hydrogens is 226 g/mol. The van der Waals surface area contributed by atoms with Gasteiger partial charge in [-0.3, -0.25) is 4.90 Å². The highest BCUT2D eigenvalue weighted by molar-refractivity contribution is 5.37. The van der Waals surface area contributed by atoms with Crippen molar-refractivity contribution >= 4 is 5.95 Å². The molecule has 1 aromatic rings. The van der Waals surface area contributed by atoms with E-state index in [0.29, 0.717) is 11.6 Å². The van der Waals surface area contributed by atoms with Gasteiger partial charge in [-0.15, -0.1) is 0 Å². The lowest BCUT2D eigenvalue weighted by molar-refractivity contribution is 0.138. The third-order valence-corrected chi connectivity index (χ3v) is 3.56. The van der Waals surface area contributed by atoms with E-state index in [1.165, 1.54) is 0 Å². The first-order chi connectivity index (χ1) is 8.42. The molecule has 0 saturated carbocycles. The molecule has 1 aliphatic rings. The molecule has 0 atom stereocenters. The average molecular weight is 245 g/mol. The second-order valence-corrected chi connectivity index (χ2v) is 5.46. The van der Waals surface area contributed by atoms with Crippen LogP contribution in [0, 0.1) is 18.3 Å². The van der Waals surface area contributed by atoms with Crippen LogP contribution in [0.5, 0.6) is 0 Å². The number of nitrogens with zero attached hydrogens (tertiary/aromatic N) is 5. The molecule has 2 rings (SSSR count). The fourth-order valence-electron chi connectivity index (χ4n) is 2.16. The maximum Gasteiger partial charge on any atom is 0.226 e. The van der Waals surface area contributed by atoms with E-state index < -0.39 is 0 Å². The van der Waals surface area contributed by atoms with E-state index in [1.807, 2.05) is 6.92 Å². The predicted molar refractivity (Wildman–Crippen MR) is 70.4 cm³/mol. The fourth-order valence-corrected chi connectivity index (χ4v) is 2.16. The fraction of sp³-hybridized carbons (Fsp3) is 0.615. The lowest BCUT2D eigenvalue weighted by atomic mass is 10.00. The molecule has 0 spiro atoms. The zero-order chi connectivity index (χ0) is 13.3. The van der Waals surface area contributed by atoms with Crippen molar-refractivity contribution in [2.45, 2.75) is 26.3 Å². The molecule has 18 heavy (non-hydrogen) atoms. The Balaban J connectivity index is 2.28. The molecular formula is C13H19N5. The molecule has 5 heteroatoms. The summed E-state index contributed by atoms with van der Waals surface area (Å²) in [4.78, 5) is 13.2. The van der Waals surface area contributed by atoms with Crippen LogP contribution in [-0.4, -0.2) is 47.1 Å². The summed E-state index contributed by atoms with van der Waals surface area (Å²) < 4.78 is 0. The predicted octanol–water partition coefficient (Wildman–Crippen LogP) is 1.19. The Morgan fingerprint density at radius 2 is 2.06 bits per heavy atom. The molecule has 96 valence electrons. The van der Waals surface area contributed by atoms with Gasteiger partial charge in [-0.25, -0.2) is 9.97 Å². The molecule has 1 aliphatic heterocycles. The quantitative estimate of drug-likeness (QED) is 0.744. The first kappa shape index (κ1) is 12.8. The second-order valence-electron chi connectivity index (χ2n) is 5.46. The molecule has 0 N–H and O–H groups in total. The Morgan fingerprint density at radius 3 is 2.67 bits per heavy atom.